The Morgan fingerprint density at radius 3 is 2.53 bits per heavy atom. The highest BCUT2D eigenvalue weighted by Gasteiger charge is 2.19. The first-order valence-electron chi connectivity index (χ1n) is 6.58. The summed E-state index contributed by atoms with van der Waals surface area (Å²) in [7, 11) is 0. The van der Waals surface area contributed by atoms with Crippen molar-refractivity contribution >= 4 is 0 Å². The summed E-state index contributed by atoms with van der Waals surface area (Å²) < 4.78 is 5.58. The highest BCUT2D eigenvalue weighted by molar-refractivity contribution is 5.25. The fourth-order valence-corrected chi connectivity index (χ4v) is 2.35. The first kappa shape index (κ1) is 12.6. The molecule has 1 saturated heterocycles. The molecule has 2 heteroatoms. The average molecular weight is 233 g/mol. The average Bonchev–Trinajstić information content (AvgIpc) is 2.29. The number of hydrogen-bond donors (Lipinski definition) is 1. The summed E-state index contributed by atoms with van der Waals surface area (Å²) in [6.45, 7) is 8.29. The van der Waals surface area contributed by atoms with Crippen LogP contribution in [0.25, 0.3) is 0 Å². The molecule has 2 rings (SSSR count). The molecule has 0 spiro atoms. The molecule has 2 atom stereocenters. The summed E-state index contributed by atoms with van der Waals surface area (Å²) in [5.41, 5.74) is 2.76. The minimum absolute atomic E-state index is 0.354. The Morgan fingerprint density at radius 2 is 1.94 bits per heavy atom. The van der Waals surface area contributed by atoms with Gasteiger partial charge in [-0.15, -0.1) is 0 Å². The van der Waals surface area contributed by atoms with Crippen LogP contribution in [-0.2, 0) is 11.2 Å². The van der Waals surface area contributed by atoms with Crippen LogP contribution in [0.2, 0.25) is 0 Å². The van der Waals surface area contributed by atoms with Gasteiger partial charge in [-0.1, -0.05) is 38.1 Å². The Kier molecular flexibility index (Phi) is 4.19. The SMILES string of the molecule is CC(C)Cc1ccc(C2COCC(C)N2)cc1. The molecule has 0 amide bonds. The second-order valence-electron chi connectivity index (χ2n) is 5.50. The molecule has 0 aliphatic carbocycles. The van der Waals surface area contributed by atoms with Crippen LogP contribution in [0, 0.1) is 5.92 Å². The molecular formula is C15H23NO. The lowest BCUT2D eigenvalue weighted by Gasteiger charge is -2.29. The molecule has 0 radical (unpaired) electrons. The van der Waals surface area contributed by atoms with E-state index >= 15 is 0 Å². The molecule has 0 aromatic heterocycles. The number of ether oxygens (including phenoxy) is 1. The maximum absolute atomic E-state index is 5.58. The molecule has 1 fully saturated rings. The van der Waals surface area contributed by atoms with E-state index in [1.165, 1.54) is 11.1 Å². The lowest BCUT2D eigenvalue weighted by molar-refractivity contribution is 0.0504. The van der Waals surface area contributed by atoms with Crippen molar-refractivity contribution in [2.75, 3.05) is 13.2 Å². The summed E-state index contributed by atoms with van der Waals surface area (Å²) in [5.74, 6) is 0.719. The van der Waals surface area contributed by atoms with Crippen LogP contribution in [-0.4, -0.2) is 19.3 Å². The Bertz CT molecular complexity index is 344. The van der Waals surface area contributed by atoms with Crippen molar-refractivity contribution in [2.45, 2.75) is 39.3 Å². The van der Waals surface area contributed by atoms with Crippen LogP contribution in [0.3, 0.4) is 0 Å². The van der Waals surface area contributed by atoms with Crippen LogP contribution in [0.4, 0.5) is 0 Å². The van der Waals surface area contributed by atoms with Crippen molar-refractivity contribution in [3.05, 3.63) is 35.4 Å². The van der Waals surface area contributed by atoms with Gasteiger partial charge in [-0.05, 0) is 30.4 Å². The molecule has 0 saturated carbocycles. The fourth-order valence-electron chi connectivity index (χ4n) is 2.35. The minimum atomic E-state index is 0.354. The van der Waals surface area contributed by atoms with Crippen molar-refractivity contribution < 1.29 is 4.74 Å². The van der Waals surface area contributed by atoms with E-state index in [2.05, 4.69) is 50.4 Å². The highest BCUT2D eigenvalue weighted by Crippen LogP contribution is 2.19. The predicted molar refractivity (Wildman–Crippen MR) is 71.1 cm³/mol. The molecule has 94 valence electrons. The van der Waals surface area contributed by atoms with E-state index in [0.29, 0.717) is 12.1 Å². The van der Waals surface area contributed by atoms with Gasteiger partial charge in [-0.2, -0.15) is 0 Å². The normalized spacial score (nSPS) is 25.2. The molecule has 1 aromatic rings. The number of nitrogens with one attached hydrogen (secondary N) is 1. The van der Waals surface area contributed by atoms with E-state index in [4.69, 9.17) is 4.74 Å². The van der Waals surface area contributed by atoms with E-state index < -0.39 is 0 Å². The number of morpholine rings is 1. The van der Waals surface area contributed by atoms with Crippen LogP contribution in [0.1, 0.15) is 37.9 Å². The van der Waals surface area contributed by atoms with E-state index in [1.807, 2.05) is 0 Å². The first-order valence-corrected chi connectivity index (χ1v) is 6.58. The molecule has 1 N–H and O–H groups in total. The number of rotatable bonds is 3. The van der Waals surface area contributed by atoms with E-state index in [0.717, 1.165) is 25.6 Å². The van der Waals surface area contributed by atoms with Crippen molar-refractivity contribution in [1.82, 2.24) is 5.32 Å². The fraction of sp³-hybridized carbons (Fsp3) is 0.600. The Hall–Kier alpha value is -0.860. The second kappa shape index (κ2) is 5.65. The largest absolute Gasteiger partial charge is 0.378 e. The maximum Gasteiger partial charge on any atom is 0.0662 e. The Labute approximate surface area is 104 Å². The third-order valence-corrected chi connectivity index (χ3v) is 3.16. The molecule has 1 aliphatic rings. The molecule has 2 nitrogen and oxygen atoms in total. The van der Waals surface area contributed by atoms with Crippen molar-refractivity contribution in [2.24, 2.45) is 5.92 Å². The first-order chi connectivity index (χ1) is 8.15. The van der Waals surface area contributed by atoms with E-state index in [9.17, 15) is 0 Å². The Morgan fingerprint density at radius 1 is 1.24 bits per heavy atom. The smallest absolute Gasteiger partial charge is 0.0662 e. The van der Waals surface area contributed by atoms with Gasteiger partial charge >= 0.3 is 0 Å². The van der Waals surface area contributed by atoms with Gasteiger partial charge in [0.25, 0.3) is 0 Å². The quantitative estimate of drug-likeness (QED) is 0.866. The topological polar surface area (TPSA) is 21.3 Å². The summed E-state index contributed by atoms with van der Waals surface area (Å²) in [5, 5.41) is 3.57. The van der Waals surface area contributed by atoms with Crippen molar-refractivity contribution in [3.8, 4) is 0 Å². The lowest BCUT2D eigenvalue weighted by Crippen LogP contribution is -2.41. The maximum atomic E-state index is 5.58. The molecular weight excluding hydrogens is 210 g/mol. The Balaban J connectivity index is 2.01. The van der Waals surface area contributed by atoms with Crippen molar-refractivity contribution in [3.63, 3.8) is 0 Å². The van der Waals surface area contributed by atoms with Crippen LogP contribution < -0.4 is 5.32 Å². The van der Waals surface area contributed by atoms with Crippen LogP contribution >= 0.6 is 0 Å². The summed E-state index contributed by atoms with van der Waals surface area (Å²) in [6.07, 6.45) is 1.16. The molecule has 2 unspecified atom stereocenters. The van der Waals surface area contributed by atoms with E-state index in [1.54, 1.807) is 0 Å². The monoisotopic (exact) mass is 233 g/mol. The summed E-state index contributed by atoms with van der Waals surface area (Å²) in [4.78, 5) is 0. The van der Waals surface area contributed by atoms with Gasteiger partial charge in [0.1, 0.15) is 0 Å². The standard InChI is InChI=1S/C15H23NO/c1-11(2)8-13-4-6-14(7-5-13)15-10-17-9-12(3)16-15/h4-7,11-12,15-16H,8-10H2,1-3H3. The number of benzene rings is 1. The van der Waals surface area contributed by atoms with Gasteiger partial charge in [-0.3, -0.25) is 0 Å². The minimum Gasteiger partial charge on any atom is -0.378 e. The number of hydrogen-bond acceptors (Lipinski definition) is 2. The second-order valence-corrected chi connectivity index (χ2v) is 5.50. The lowest BCUT2D eigenvalue weighted by atomic mass is 9.99. The van der Waals surface area contributed by atoms with Gasteiger partial charge in [-0.25, -0.2) is 0 Å². The van der Waals surface area contributed by atoms with Gasteiger partial charge in [0.05, 0.1) is 19.3 Å². The van der Waals surface area contributed by atoms with Gasteiger partial charge < -0.3 is 10.1 Å². The predicted octanol–water partition coefficient (Wildman–Crippen LogP) is 2.93. The highest BCUT2D eigenvalue weighted by atomic mass is 16.5. The zero-order valence-corrected chi connectivity index (χ0v) is 11.1. The van der Waals surface area contributed by atoms with E-state index in [-0.39, 0.29) is 0 Å². The summed E-state index contributed by atoms with van der Waals surface area (Å²) in [6, 6.07) is 9.76. The molecule has 0 bridgehead atoms. The molecule has 1 heterocycles. The molecule has 1 aliphatic heterocycles. The zero-order chi connectivity index (χ0) is 12.3. The molecule has 17 heavy (non-hydrogen) atoms. The van der Waals surface area contributed by atoms with Gasteiger partial charge in [0.15, 0.2) is 0 Å². The third kappa shape index (κ3) is 3.55. The molecule has 1 aromatic carbocycles. The van der Waals surface area contributed by atoms with Gasteiger partial charge in [0.2, 0.25) is 0 Å². The van der Waals surface area contributed by atoms with Crippen LogP contribution in [0.15, 0.2) is 24.3 Å². The third-order valence-electron chi connectivity index (χ3n) is 3.16. The zero-order valence-electron chi connectivity index (χ0n) is 11.1. The summed E-state index contributed by atoms with van der Waals surface area (Å²) >= 11 is 0. The van der Waals surface area contributed by atoms with Crippen LogP contribution in [0.5, 0.6) is 0 Å². The van der Waals surface area contributed by atoms with Gasteiger partial charge in [0, 0.05) is 6.04 Å². The van der Waals surface area contributed by atoms with Crippen molar-refractivity contribution in [1.29, 1.82) is 0 Å².